The Balaban J connectivity index is 1.56. The summed E-state index contributed by atoms with van der Waals surface area (Å²) in [6.45, 7) is 7.93. The maximum absolute atomic E-state index is 12.2. The topological polar surface area (TPSA) is 109 Å². The lowest BCUT2D eigenvalue weighted by Crippen LogP contribution is -2.13. The van der Waals surface area contributed by atoms with Crippen molar-refractivity contribution >= 4 is 34.6 Å². The second-order valence-corrected chi connectivity index (χ2v) is 8.21. The molecule has 8 nitrogen and oxygen atoms in total. The monoisotopic (exact) mass is 433 g/mol. The number of hydrogen-bond donors (Lipinski definition) is 2. The van der Waals surface area contributed by atoms with Crippen LogP contribution in [0.4, 0.5) is 11.9 Å². The Bertz CT molecular complexity index is 1300. The Morgan fingerprint density at radius 2 is 1.74 bits per heavy atom. The van der Waals surface area contributed by atoms with Gasteiger partial charge >= 0.3 is 0 Å². The maximum atomic E-state index is 12.2. The molecular formula is C22H23N7OS. The largest absolute Gasteiger partial charge is 0.294 e. The number of fused-ring (bicyclic) bond motifs is 1. The van der Waals surface area contributed by atoms with Gasteiger partial charge in [-0.2, -0.15) is 0 Å². The fraction of sp³-hybridized carbons (Fsp3) is 0.273. The molecule has 2 N–H and O–H groups in total. The van der Waals surface area contributed by atoms with Crippen LogP contribution in [0.2, 0.25) is 0 Å². The highest BCUT2D eigenvalue weighted by Crippen LogP contribution is 2.21. The van der Waals surface area contributed by atoms with E-state index in [4.69, 9.17) is 0 Å². The number of aromatic nitrogens is 6. The van der Waals surface area contributed by atoms with Gasteiger partial charge in [0.1, 0.15) is 0 Å². The van der Waals surface area contributed by atoms with Gasteiger partial charge in [0, 0.05) is 28.6 Å². The molecule has 1 aromatic carbocycles. The SMILES string of the molecule is CCc1ccc2nc(Nc3nc(CSc4nc(C)cc(C)n4)cc(=O)[nH]3)nc(C)c2c1. The fourth-order valence-corrected chi connectivity index (χ4v) is 4.09. The molecule has 3 aromatic heterocycles. The van der Waals surface area contributed by atoms with Gasteiger partial charge in [-0.25, -0.2) is 24.9 Å². The van der Waals surface area contributed by atoms with Crippen LogP contribution in [0.1, 0.15) is 35.3 Å². The van der Waals surface area contributed by atoms with Gasteiger partial charge in [-0.15, -0.1) is 0 Å². The third kappa shape index (κ3) is 5.05. The van der Waals surface area contributed by atoms with Crippen LogP contribution in [0.25, 0.3) is 10.9 Å². The van der Waals surface area contributed by atoms with Gasteiger partial charge < -0.3 is 0 Å². The number of anilines is 2. The van der Waals surface area contributed by atoms with E-state index in [1.807, 2.05) is 32.9 Å². The molecule has 0 saturated carbocycles. The van der Waals surface area contributed by atoms with Crippen molar-refractivity contribution in [1.82, 2.24) is 29.9 Å². The first-order valence-electron chi connectivity index (χ1n) is 9.99. The molecule has 4 aromatic rings. The number of nitrogens with zero attached hydrogens (tertiary/aromatic N) is 5. The van der Waals surface area contributed by atoms with E-state index in [9.17, 15) is 4.79 Å². The number of nitrogens with one attached hydrogen (secondary N) is 2. The number of H-pyrrole nitrogens is 1. The average Bonchev–Trinajstić information content (AvgIpc) is 2.71. The highest BCUT2D eigenvalue weighted by Gasteiger charge is 2.09. The van der Waals surface area contributed by atoms with E-state index < -0.39 is 0 Å². The first-order chi connectivity index (χ1) is 14.9. The second-order valence-electron chi connectivity index (χ2n) is 7.27. The zero-order valence-electron chi connectivity index (χ0n) is 17.9. The minimum atomic E-state index is -0.250. The van der Waals surface area contributed by atoms with Gasteiger partial charge in [-0.1, -0.05) is 24.8 Å². The van der Waals surface area contributed by atoms with E-state index in [1.165, 1.54) is 23.4 Å². The van der Waals surface area contributed by atoms with E-state index in [2.05, 4.69) is 54.3 Å². The van der Waals surface area contributed by atoms with Crippen molar-refractivity contribution in [2.45, 2.75) is 45.0 Å². The zero-order chi connectivity index (χ0) is 22.0. The van der Waals surface area contributed by atoms with Crippen molar-refractivity contribution in [2.24, 2.45) is 0 Å². The van der Waals surface area contributed by atoms with Crippen LogP contribution in [0.15, 0.2) is 40.3 Å². The molecule has 4 rings (SSSR count). The molecular weight excluding hydrogens is 410 g/mol. The molecule has 0 aliphatic rings. The third-order valence-corrected chi connectivity index (χ3v) is 5.58. The normalized spacial score (nSPS) is 11.1. The Hall–Kier alpha value is -3.33. The summed E-state index contributed by atoms with van der Waals surface area (Å²) in [5, 5.41) is 4.71. The Morgan fingerprint density at radius 1 is 0.968 bits per heavy atom. The summed E-state index contributed by atoms with van der Waals surface area (Å²) >= 11 is 1.44. The molecule has 0 atom stereocenters. The van der Waals surface area contributed by atoms with Gasteiger partial charge in [0.15, 0.2) is 5.16 Å². The van der Waals surface area contributed by atoms with Crippen molar-refractivity contribution in [3.63, 3.8) is 0 Å². The smallest absolute Gasteiger partial charge is 0.252 e. The summed E-state index contributed by atoms with van der Waals surface area (Å²) in [4.78, 5) is 37.3. The summed E-state index contributed by atoms with van der Waals surface area (Å²) in [7, 11) is 0. The van der Waals surface area contributed by atoms with E-state index in [1.54, 1.807) is 0 Å². The standard InChI is InChI=1S/C22H23N7OS/c1-5-15-6-7-18-17(9-15)14(4)25-20(27-18)29-21-26-16(10-19(30)28-21)11-31-22-23-12(2)8-13(3)24-22/h6-10H,5,11H2,1-4H3,(H2,25,26,27,28,29,30). The summed E-state index contributed by atoms with van der Waals surface area (Å²) < 4.78 is 0. The van der Waals surface area contributed by atoms with Gasteiger partial charge in [-0.05, 0) is 51.0 Å². The van der Waals surface area contributed by atoms with E-state index in [-0.39, 0.29) is 5.56 Å². The first kappa shape index (κ1) is 20.9. The first-order valence-corrected chi connectivity index (χ1v) is 11.0. The minimum Gasteiger partial charge on any atom is -0.294 e. The lowest BCUT2D eigenvalue weighted by molar-refractivity contribution is 0.900. The molecule has 0 aliphatic heterocycles. The predicted molar refractivity (Wildman–Crippen MR) is 123 cm³/mol. The lowest BCUT2D eigenvalue weighted by atomic mass is 10.1. The van der Waals surface area contributed by atoms with Crippen LogP contribution in [0.3, 0.4) is 0 Å². The molecule has 0 bridgehead atoms. The molecule has 0 amide bonds. The molecule has 9 heteroatoms. The molecule has 31 heavy (non-hydrogen) atoms. The van der Waals surface area contributed by atoms with Crippen LogP contribution < -0.4 is 10.9 Å². The average molecular weight is 434 g/mol. The third-order valence-electron chi connectivity index (χ3n) is 4.69. The second kappa shape index (κ2) is 8.81. The van der Waals surface area contributed by atoms with Crippen LogP contribution >= 0.6 is 11.8 Å². The summed E-state index contributed by atoms with van der Waals surface area (Å²) in [5.74, 6) is 1.16. The molecule has 0 spiro atoms. The van der Waals surface area contributed by atoms with Crippen molar-refractivity contribution in [3.8, 4) is 0 Å². The van der Waals surface area contributed by atoms with E-state index >= 15 is 0 Å². The highest BCUT2D eigenvalue weighted by atomic mass is 32.2. The summed E-state index contributed by atoms with van der Waals surface area (Å²) in [6, 6.07) is 9.56. The van der Waals surface area contributed by atoms with Gasteiger partial charge in [-0.3, -0.25) is 15.1 Å². The van der Waals surface area contributed by atoms with Crippen molar-refractivity contribution in [2.75, 3.05) is 5.32 Å². The molecule has 0 radical (unpaired) electrons. The zero-order valence-corrected chi connectivity index (χ0v) is 18.7. The fourth-order valence-electron chi connectivity index (χ4n) is 3.25. The number of rotatable bonds is 6. The minimum absolute atomic E-state index is 0.250. The van der Waals surface area contributed by atoms with Gasteiger partial charge in [0.05, 0.1) is 16.9 Å². The molecule has 0 aliphatic carbocycles. The maximum Gasteiger partial charge on any atom is 0.252 e. The summed E-state index contributed by atoms with van der Waals surface area (Å²) in [6.07, 6.45) is 0.957. The predicted octanol–water partition coefficient (Wildman–Crippen LogP) is 4.03. The van der Waals surface area contributed by atoms with Crippen LogP contribution in [0, 0.1) is 20.8 Å². The molecule has 3 heterocycles. The Morgan fingerprint density at radius 3 is 2.48 bits per heavy atom. The van der Waals surface area contributed by atoms with Gasteiger partial charge in [0.2, 0.25) is 11.9 Å². The van der Waals surface area contributed by atoms with Gasteiger partial charge in [0.25, 0.3) is 5.56 Å². The van der Waals surface area contributed by atoms with Crippen molar-refractivity contribution in [3.05, 3.63) is 69.0 Å². The van der Waals surface area contributed by atoms with Crippen LogP contribution in [-0.4, -0.2) is 29.9 Å². The molecule has 0 saturated heterocycles. The number of hydrogen-bond acceptors (Lipinski definition) is 8. The molecule has 0 fully saturated rings. The van der Waals surface area contributed by atoms with Crippen LogP contribution in [0.5, 0.6) is 0 Å². The van der Waals surface area contributed by atoms with Crippen LogP contribution in [-0.2, 0) is 12.2 Å². The lowest BCUT2D eigenvalue weighted by Gasteiger charge is -2.09. The van der Waals surface area contributed by atoms with E-state index in [0.717, 1.165) is 34.4 Å². The quantitative estimate of drug-likeness (QED) is 0.346. The number of thioether (sulfide) groups is 1. The number of aromatic amines is 1. The van der Waals surface area contributed by atoms with Crippen molar-refractivity contribution in [1.29, 1.82) is 0 Å². The molecule has 0 unspecified atom stereocenters. The number of benzene rings is 1. The Labute approximate surface area is 184 Å². The molecule has 158 valence electrons. The van der Waals surface area contributed by atoms with Crippen molar-refractivity contribution < 1.29 is 0 Å². The number of aryl methyl sites for hydroxylation is 4. The highest BCUT2D eigenvalue weighted by molar-refractivity contribution is 7.98. The summed E-state index contributed by atoms with van der Waals surface area (Å²) in [5.41, 5.74) is 5.13. The van der Waals surface area contributed by atoms with E-state index in [0.29, 0.717) is 28.5 Å². The Kier molecular flexibility index (Phi) is 5.94.